The number of carboxylic acid groups (broad SMARTS) is 1. The molecule has 0 spiro atoms. The number of carbonyl (C=O) groups is 1. The van der Waals surface area contributed by atoms with Crippen molar-refractivity contribution in [1.82, 2.24) is 10.3 Å². The molecule has 5 nitrogen and oxygen atoms in total. The molecular weight excluding hydrogens is 288 g/mol. The summed E-state index contributed by atoms with van der Waals surface area (Å²) < 4.78 is 5.88. The van der Waals surface area contributed by atoms with E-state index in [0.717, 1.165) is 16.3 Å². The largest absolute Gasteiger partial charge is 0.484 e. The molecule has 0 saturated carbocycles. The van der Waals surface area contributed by atoms with Crippen LogP contribution in [0.4, 0.5) is 0 Å². The molecule has 0 aliphatic carbocycles. The molecule has 110 valence electrons. The first-order valence-corrected chi connectivity index (χ1v) is 7.58. The van der Waals surface area contributed by atoms with E-state index in [4.69, 9.17) is 9.84 Å². The summed E-state index contributed by atoms with van der Waals surface area (Å²) in [4.78, 5) is 15.4. The molecule has 2 N–H and O–H groups in total. The van der Waals surface area contributed by atoms with Gasteiger partial charge >= 0.3 is 5.97 Å². The number of rotatable bonds is 5. The van der Waals surface area contributed by atoms with Crippen LogP contribution < -0.4 is 10.1 Å². The van der Waals surface area contributed by atoms with Crippen molar-refractivity contribution in [3.63, 3.8) is 0 Å². The summed E-state index contributed by atoms with van der Waals surface area (Å²) in [6.45, 7) is 3.09. The number of hydrogen-bond donors (Lipinski definition) is 2. The first kappa shape index (κ1) is 14.0. The molecule has 0 atom stereocenters. The zero-order valence-electron chi connectivity index (χ0n) is 11.6. The first-order chi connectivity index (χ1) is 10.1. The Hall–Kier alpha value is -1.92. The Morgan fingerprint density at radius 2 is 2.14 bits per heavy atom. The molecule has 1 fully saturated rings. The highest BCUT2D eigenvalue weighted by atomic mass is 32.1. The molecule has 0 unspecified atom stereocenters. The number of ether oxygens (including phenoxy) is 1. The average molecular weight is 304 g/mol. The summed E-state index contributed by atoms with van der Waals surface area (Å²) in [6.07, 6.45) is 0.00737. The van der Waals surface area contributed by atoms with Gasteiger partial charge in [-0.3, -0.25) is 4.79 Å². The smallest absolute Gasteiger partial charge is 0.307 e. The van der Waals surface area contributed by atoms with Crippen LogP contribution in [0.3, 0.4) is 0 Å². The van der Waals surface area contributed by atoms with Crippen molar-refractivity contribution in [2.45, 2.75) is 18.9 Å². The molecule has 2 heterocycles. The lowest BCUT2D eigenvalue weighted by Crippen LogP contribution is -2.64. The second-order valence-electron chi connectivity index (χ2n) is 5.28. The zero-order chi connectivity index (χ0) is 14.9. The van der Waals surface area contributed by atoms with E-state index in [1.54, 1.807) is 11.3 Å². The number of aryl methyl sites for hydroxylation is 1. The third-order valence-corrected chi connectivity index (χ3v) is 4.43. The number of thiazole rings is 1. The van der Waals surface area contributed by atoms with Crippen LogP contribution in [0.25, 0.3) is 10.6 Å². The third-order valence-electron chi connectivity index (χ3n) is 3.42. The number of nitrogens with one attached hydrogen (secondary N) is 1. The van der Waals surface area contributed by atoms with Gasteiger partial charge in [-0.1, -0.05) is 0 Å². The molecule has 0 amide bonds. The highest BCUT2D eigenvalue weighted by Crippen LogP contribution is 2.29. The second-order valence-corrected chi connectivity index (χ2v) is 6.14. The summed E-state index contributed by atoms with van der Waals surface area (Å²) in [6, 6.07) is 7.64. The van der Waals surface area contributed by atoms with E-state index in [1.165, 1.54) is 0 Å². The van der Waals surface area contributed by atoms with Gasteiger partial charge in [0, 0.05) is 29.7 Å². The summed E-state index contributed by atoms with van der Waals surface area (Å²) in [5.41, 5.74) is 1.43. The molecule has 1 aliphatic heterocycles. The van der Waals surface area contributed by atoms with Crippen LogP contribution >= 0.6 is 11.3 Å². The van der Waals surface area contributed by atoms with Crippen LogP contribution in [-0.4, -0.2) is 34.8 Å². The van der Waals surface area contributed by atoms with Crippen LogP contribution in [0.5, 0.6) is 5.75 Å². The minimum absolute atomic E-state index is 0.00737. The van der Waals surface area contributed by atoms with Crippen LogP contribution in [0, 0.1) is 6.92 Å². The van der Waals surface area contributed by atoms with Crippen molar-refractivity contribution in [3.05, 3.63) is 35.3 Å². The fraction of sp³-hybridized carbons (Fsp3) is 0.333. The molecule has 1 aromatic heterocycles. The second kappa shape index (κ2) is 5.46. The minimum atomic E-state index is -0.841. The quantitative estimate of drug-likeness (QED) is 0.887. The van der Waals surface area contributed by atoms with Crippen molar-refractivity contribution < 1.29 is 14.6 Å². The van der Waals surface area contributed by atoms with Crippen LogP contribution in [-0.2, 0) is 4.79 Å². The average Bonchev–Trinajstić information content (AvgIpc) is 2.83. The van der Waals surface area contributed by atoms with E-state index in [-0.39, 0.29) is 6.42 Å². The van der Waals surface area contributed by atoms with Crippen molar-refractivity contribution in [3.8, 4) is 16.3 Å². The fourth-order valence-electron chi connectivity index (χ4n) is 2.31. The van der Waals surface area contributed by atoms with E-state index in [2.05, 4.69) is 10.3 Å². The Kier molecular flexibility index (Phi) is 3.65. The van der Waals surface area contributed by atoms with E-state index in [9.17, 15) is 4.79 Å². The van der Waals surface area contributed by atoms with Gasteiger partial charge in [0.05, 0.1) is 6.42 Å². The number of nitrogens with zero attached hydrogens (tertiary/aromatic N) is 1. The third kappa shape index (κ3) is 3.06. The molecule has 2 aromatic rings. The number of aromatic nitrogens is 1. The molecule has 3 rings (SSSR count). The lowest BCUT2D eigenvalue weighted by atomic mass is 9.92. The molecule has 0 bridgehead atoms. The molecule has 21 heavy (non-hydrogen) atoms. The van der Waals surface area contributed by atoms with Gasteiger partial charge < -0.3 is 15.2 Å². The molecule has 1 saturated heterocycles. The Labute approximate surface area is 126 Å². The summed E-state index contributed by atoms with van der Waals surface area (Å²) in [7, 11) is 0. The van der Waals surface area contributed by atoms with Crippen molar-refractivity contribution in [1.29, 1.82) is 0 Å². The van der Waals surface area contributed by atoms with Crippen LogP contribution in [0.15, 0.2) is 29.6 Å². The standard InChI is InChI=1S/C15H16N2O3S/c1-10-7-21-14(17-10)11-2-4-12(5-3-11)20-15(6-13(18)19)8-16-9-15/h2-5,7,16H,6,8-9H2,1H3,(H,18,19). The van der Waals surface area contributed by atoms with Gasteiger partial charge in [0.2, 0.25) is 0 Å². The topological polar surface area (TPSA) is 71.5 Å². The van der Waals surface area contributed by atoms with Crippen molar-refractivity contribution in [2.24, 2.45) is 0 Å². The van der Waals surface area contributed by atoms with Gasteiger partial charge in [-0.15, -0.1) is 11.3 Å². The molecular formula is C15H16N2O3S. The zero-order valence-corrected chi connectivity index (χ0v) is 12.4. The lowest BCUT2D eigenvalue weighted by molar-refractivity contribution is -0.143. The number of carboxylic acids is 1. The predicted molar refractivity (Wildman–Crippen MR) is 80.8 cm³/mol. The van der Waals surface area contributed by atoms with Crippen molar-refractivity contribution in [2.75, 3.05) is 13.1 Å². The SMILES string of the molecule is Cc1csc(-c2ccc(OC3(CC(=O)O)CNC3)cc2)n1. The van der Waals surface area contributed by atoms with Crippen LogP contribution in [0.1, 0.15) is 12.1 Å². The molecule has 6 heteroatoms. The Morgan fingerprint density at radius 3 is 2.62 bits per heavy atom. The maximum absolute atomic E-state index is 10.9. The van der Waals surface area contributed by atoms with Gasteiger partial charge in [0.25, 0.3) is 0 Å². The van der Waals surface area contributed by atoms with E-state index in [1.807, 2.05) is 36.6 Å². The van der Waals surface area contributed by atoms with E-state index < -0.39 is 11.6 Å². The molecule has 1 aliphatic rings. The summed E-state index contributed by atoms with van der Waals surface area (Å²) >= 11 is 1.61. The van der Waals surface area contributed by atoms with Gasteiger partial charge in [-0.05, 0) is 31.2 Å². The monoisotopic (exact) mass is 304 g/mol. The maximum atomic E-state index is 10.9. The highest BCUT2D eigenvalue weighted by molar-refractivity contribution is 7.13. The van der Waals surface area contributed by atoms with E-state index >= 15 is 0 Å². The van der Waals surface area contributed by atoms with Gasteiger partial charge in [-0.2, -0.15) is 0 Å². The fourth-order valence-corrected chi connectivity index (χ4v) is 3.12. The summed E-state index contributed by atoms with van der Waals surface area (Å²) in [5, 5.41) is 15.0. The Bertz CT molecular complexity index is 647. The lowest BCUT2D eigenvalue weighted by Gasteiger charge is -2.41. The normalized spacial score (nSPS) is 16.2. The van der Waals surface area contributed by atoms with Crippen LogP contribution in [0.2, 0.25) is 0 Å². The Morgan fingerprint density at radius 1 is 1.43 bits per heavy atom. The molecule has 0 radical (unpaired) electrons. The van der Waals surface area contributed by atoms with Gasteiger partial charge in [0.15, 0.2) is 0 Å². The van der Waals surface area contributed by atoms with Crippen molar-refractivity contribution >= 4 is 17.3 Å². The number of hydrogen-bond acceptors (Lipinski definition) is 5. The first-order valence-electron chi connectivity index (χ1n) is 6.70. The molecule has 1 aromatic carbocycles. The van der Waals surface area contributed by atoms with E-state index in [0.29, 0.717) is 18.8 Å². The summed E-state index contributed by atoms with van der Waals surface area (Å²) in [5.74, 6) is -0.152. The number of benzene rings is 1. The maximum Gasteiger partial charge on any atom is 0.307 e. The number of aliphatic carboxylic acids is 1. The highest BCUT2D eigenvalue weighted by Gasteiger charge is 2.41. The minimum Gasteiger partial charge on any atom is -0.484 e. The predicted octanol–water partition coefficient (Wildman–Crippen LogP) is 2.31. The van der Waals surface area contributed by atoms with Gasteiger partial charge in [0.1, 0.15) is 16.4 Å². The van der Waals surface area contributed by atoms with Gasteiger partial charge in [-0.25, -0.2) is 4.98 Å². The Balaban J connectivity index is 1.73.